The second-order valence-corrected chi connectivity index (χ2v) is 5.81. The summed E-state index contributed by atoms with van der Waals surface area (Å²) < 4.78 is 0. The van der Waals surface area contributed by atoms with E-state index in [1.54, 1.807) is 6.33 Å². The van der Waals surface area contributed by atoms with Gasteiger partial charge in [0.1, 0.15) is 6.33 Å². The molecule has 0 bridgehead atoms. The minimum atomic E-state index is 0.551. The molecular formula is C13H19BrN2. The van der Waals surface area contributed by atoms with E-state index in [1.165, 1.54) is 42.6 Å². The van der Waals surface area contributed by atoms with E-state index in [0.717, 1.165) is 19.3 Å². The molecule has 1 aromatic heterocycles. The van der Waals surface area contributed by atoms with Gasteiger partial charge in [-0.25, -0.2) is 9.97 Å². The Hall–Kier alpha value is -0.440. The van der Waals surface area contributed by atoms with Gasteiger partial charge in [-0.2, -0.15) is 0 Å². The fourth-order valence-corrected chi connectivity index (χ4v) is 2.60. The number of fused-ring (bicyclic) bond motifs is 1. The molecule has 0 spiro atoms. The molecule has 1 aliphatic carbocycles. The highest BCUT2D eigenvalue weighted by Crippen LogP contribution is 2.23. The molecule has 0 N–H and O–H groups in total. The van der Waals surface area contributed by atoms with Crippen LogP contribution in [-0.2, 0) is 19.3 Å². The summed E-state index contributed by atoms with van der Waals surface area (Å²) in [5.41, 5.74) is 4.02. The molecule has 2 rings (SSSR count). The summed E-state index contributed by atoms with van der Waals surface area (Å²) in [4.78, 5) is 9.48. The first kappa shape index (κ1) is 12.0. The maximum Gasteiger partial charge on any atom is 0.115 e. The van der Waals surface area contributed by atoms with Gasteiger partial charge in [0, 0.05) is 22.6 Å². The Morgan fingerprint density at radius 2 is 2.06 bits per heavy atom. The SMILES string of the molecule is CCC(Br)Cc1ncnc2c1CCCCC2. The van der Waals surface area contributed by atoms with Gasteiger partial charge in [-0.1, -0.05) is 29.3 Å². The van der Waals surface area contributed by atoms with Gasteiger partial charge >= 0.3 is 0 Å². The van der Waals surface area contributed by atoms with E-state index >= 15 is 0 Å². The summed E-state index contributed by atoms with van der Waals surface area (Å²) in [5, 5.41) is 0. The molecule has 0 aliphatic heterocycles. The molecule has 0 saturated heterocycles. The third-order valence-corrected chi connectivity index (χ3v) is 4.29. The smallest absolute Gasteiger partial charge is 0.115 e. The molecule has 88 valence electrons. The molecule has 1 heterocycles. The quantitative estimate of drug-likeness (QED) is 0.627. The minimum Gasteiger partial charge on any atom is -0.241 e. The van der Waals surface area contributed by atoms with Gasteiger partial charge in [-0.3, -0.25) is 0 Å². The van der Waals surface area contributed by atoms with Crippen molar-refractivity contribution < 1.29 is 0 Å². The Morgan fingerprint density at radius 1 is 1.25 bits per heavy atom. The van der Waals surface area contributed by atoms with Crippen LogP contribution in [0, 0.1) is 0 Å². The van der Waals surface area contributed by atoms with Gasteiger partial charge in [0.25, 0.3) is 0 Å². The second-order valence-electron chi connectivity index (χ2n) is 4.52. The highest BCUT2D eigenvalue weighted by atomic mass is 79.9. The number of hydrogen-bond acceptors (Lipinski definition) is 2. The first-order chi connectivity index (χ1) is 7.81. The summed E-state index contributed by atoms with van der Waals surface area (Å²) in [6.07, 6.45) is 10.2. The fraction of sp³-hybridized carbons (Fsp3) is 0.692. The van der Waals surface area contributed by atoms with Gasteiger partial charge in [0.2, 0.25) is 0 Å². The van der Waals surface area contributed by atoms with E-state index in [9.17, 15) is 0 Å². The molecule has 0 fully saturated rings. The third-order valence-electron chi connectivity index (χ3n) is 3.32. The van der Waals surface area contributed by atoms with Crippen molar-refractivity contribution in [2.24, 2.45) is 0 Å². The number of rotatable bonds is 3. The Labute approximate surface area is 106 Å². The summed E-state index contributed by atoms with van der Waals surface area (Å²) in [7, 11) is 0. The van der Waals surface area contributed by atoms with Crippen LogP contribution in [-0.4, -0.2) is 14.8 Å². The van der Waals surface area contributed by atoms with Crippen molar-refractivity contribution in [3.63, 3.8) is 0 Å². The zero-order valence-corrected chi connectivity index (χ0v) is 11.5. The Morgan fingerprint density at radius 3 is 2.88 bits per heavy atom. The fourth-order valence-electron chi connectivity index (χ4n) is 2.30. The van der Waals surface area contributed by atoms with Crippen LogP contribution in [0.15, 0.2) is 6.33 Å². The van der Waals surface area contributed by atoms with Crippen LogP contribution in [0.25, 0.3) is 0 Å². The first-order valence-electron chi connectivity index (χ1n) is 6.27. The van der Waals surface area contributed by atoms with E-state index in [4.69, 9.17) is 0 Å². The van der Waals surface area contributed by atoms with E-state index < -0.39 is 0 Å². The van der Waals surface area contributed by atoms with Crippen LogP contribution in [0.3, 0.4) is 0 Å². The molecule has 1 unspecified atom stereocenters. The largest absolute Gasteiger partial charge is 0.241 e. The Kier molecular flexibility index (Phi) is 4.33. The molecular weight excluding hydrogens is 264 g/mol. The van der Waals surface area contributed by atoms with Crippen molar-refractivity contribution in [2.75, 3.05) is 0 Å². The third kappa shape index (κ3) is 2.82. The highest BCUT2D eigenvalue weighted by molar-refractivity contribution is 9.09. The van der Waals surface area contributed by atoms with Crippen molar-refractivity contribution in [3.8, 4) is 0 Å². The van der Waals surface area contributed by atoms with Gasteiger partial charge < -0.3 is 0 Å². The van der Waals surface area contributed by atoms with Crippen LogP contribution < -0.4 is 0 Å². The van der Waals surface area contributed by atoms with E-state index in [2.05, 4.69) is 32.8 Å². The number of hydrogen-bond donors (Lipinski definition) is 0. The van der Waals surface area contributed by atoms with E-state index in [0.29, 0.717) is 4.83 Å². The zero-order valence-electron chi connectivity index (χ0n) is 9.88. The monoisotopic (exact) mass is 282 g/mol. The lowest BCUT2D eigenvalue weighted by Gasteiger charge is -2.12. The van der Waals surface area contributed by atoms with Gasteiger partial charge in [0.15, 0.2) is 0 Å². The van der Waals surface area contributed by atoms with Crippen molar-refractivity contribution in [2.45, 2.75) is 56.7 Å². The number of alkyl halides is 1. The number of nitrogens with zero attached hydrogens (tertiary/aromatic N) is 2. The molecule has 0 radical (unpaired) electrons. The number of aromatic nitrogens is 2. The Bertz CT molecular complexity index is 352. The van der Waals surface area contributed by atoms with Crippen molar-refractivity contribution in [1.82, 2.24) is 9.97 Å². The normalized spacial score (nSPS) is 17.6. The van der Waals surface area contributed by atoms with Crippen LogP contribution in [0.1, 0.15) is 49.6 Å². The van der Waals surface area contributed by atoms with Crippen molar-refractivity contribution >= 4 is 15.9 Å². The van der Waals surface area contributed by atoms with Crippen LogP contribution >= 0.6 is 15.9 Å². The topological polar surface area (TPSA) is 25.8 Å². The molecule has 1 atom stereocenters. The van der Waals surface area contributed by atoms with Crippen LogP contribution in [0.4, 0.5) is 0 Å². The molecule has 0 saturated carbocycles. The number of halogens is 1. The minimum absolute atomic E-state index is 0.551. The molecule has 0 aromatic carbocycles. The lowest BCUT2D eigenvalue weighted by atomic mass is 10.0. The predicted octanol–water partition coefficient (Wildman–Crippen LogP) is 3.46. The van der Waals surface area contributed by atoms with Crippen molar-refractivity contribution in [1.29, 1.82) is 0 Å². The summed E-state index contributed by atoms with van der Waals surface area (Å²) >= 11 is 3.70. The summed E-state index contributed by atoms with van der Waals surface area (Å²) in [6.45, 7) is 2.21. The average molecular weight is 283 g/mol. The first-order valence-corrected chi connectivity index (χ1v) is 7.18. The maximum atomic E-state index is 4.48. The second kappa shape index (κ2) is 5.76. The van der Waals surface area contributed by atoms with Crippen molar-refractivity contribution in [3.05, 3.63) is 23.3 Å². The standard InChI is InChI=1S/C13H19BrN2/c1-2-10(14)8-13-11-6-4-3-5-7-12(11)15-9-16-13/h9-10H,2-8H2,1H3. The lowest BCUT2D eigenvalue weighted by Crippen LogP contribution is -2.09. The predicted molar refractivity (Wildman–Crippen MR) is 70.0 cm³/mol. The van der Waals surface area contributed by atoms with Gasteiger partial charge in [-0.15, -0.1) is 0 Å². The maximum absolute atomic E-state index is 4.48. The molecule has 2 nitrogen and oxygen atoms in total. The zero-order chi connectivity index (χ0) is 11.4. The average Bonchev–Trinajstić information content (AvgIpc) is 2.54. The lowest BCUT2D eigenvalue weighted by molar-refractivity contribution is 0.707. The highest BCUT2D eigenvalue weighted by Gasteiger charge is 2.15. The Balaban J connectivity index is 2.24. The molecule has 1 aromatic rings. The molecule has 3 heteroatoms. The van der Waals surface area contributed by atoms with Gasteiger partial charge in [0.05, 0.1) is 0 Å². The molecule has 0 amide bonds. The summed E-state index contributed by atoms with van der Waals surface area (Å²) in [6, 6.07) is 0. The number of aryl methyl sites for hydroxylation is 1. The summed E-state index contributed by atoms with van der Waals surface area (Å²) in [5.74, 6) is 0. The van der Waals surface area contributed by atoms with Gasteiger partial charge in [-0.05, 0) is 37.7 Å². The van der Waals surface area contributed by atoms with E-state index in [1.807, 2.05) is 0 Å². The van der Waals surface area contributed by atoms with Crippen LogP contribution in [0.2, 0.25) is 0 Å². The van der Waals surface area contributed by atoms with Crippen LogP contribution in [0.5, 0.6) is 0 Å². The van der Waals surface area contributed by atoms with E-state index in [-0.39, 0.29) is 0 Å². The molecule has 1 aliphatic rings. The molecule has 16 heavy (non-hydrogen) atoms.